The van der Waals surface area contributed by atoms with Gasteiger partial charge in [0.2, 0.25) is 0 Å². The van der Waals surface area contributed by atoms with Crippen molar-refractivity contribution >= 4 is 28.9 Å². The van der Waals surface area contributed by atoms with Gasteiger partial charge in [-0.25, -0.2) is 5.01 Å². The van der Waals surface area contributed by atoms with Gasteiger partial charge in [-0.1, -0.05) is 29.3 Å². The molecule has 2 rings (SSSR count). The van der Waals surface area contributed by atoms with E-state index in [4.69, 9.17) is 23.2 Å². The van der Waals surface area contributed by atoms with E-state index in [1.807, 2.05) is 25.1 Å². The maximum Gasteiger partial charge on any atom is 0.0894 e. The summed E-state index contributed by atoms with van der Waals surface area (Å²) in [6.45, 7) is 6.38. The first-order chi connectivity index (χ1) is 8.94. The zero-order valence-corrected chi connectivity index (χ0v) is 12.9. The molecular formula is C14H20Cl2N2O. The summed E-state index contributed by atoms with van der Waals surface area (Å²) in [5.41, 5.74) is 0.301. The maximum atomic E-state index is 10.0. The van der Waals surface area contributed by atoms with Gasteiger partial charge in [0, 0.05) is 19.6 Å². The van der Waals surface area contributed by atoms with Gasteiger partial charge in [0.1, 0.15) is 0 Å². The van der Waals surface area contributed by atoms with Crippen molar-refractivity contribution in [2.75, 3.05) is 24.6 Å². The monoisotopic (exact) mass is 302 g/mol. The molecule has 1 aromatic rings. The van der Waals surface area contributed by atoms with Crippen LogP contribution in [0.3, 0.4) is 0 Å². The minimum atomic E-state index is -0.555. The Bertz CT molecular complexity index is 421. The van der Waals surface area contributed by atoms with Crippen LogP contribution < -0.4 is 5.01 Å². The third-order valence-corrected chi connectivity index (χ3v) is 4.26. The number of hydrogen-bond donors (Lipinski definition) is 1. The molecule has 1 N–H and O–H groups in total. The highest BCUT2D eigenvalue weighted by molar-refractivity contribution is 6.39. The maximum absolute atomic E-state index is 10.0. The van der Waals surface area contributed by atoms with E-state index in [0.29, 0.717) is 10.0 Å². The van der Waals surface area contributed by atoms with E-state index >= 15 is 0 Å². The second kappa shape index (κ2) is 5.88. The highest BCUT2D eigenvalue weighted by Gasteiger charge is 2.30. The average molecular weight is 303 g/mol. The van der Waals surface area contributed by atoms with E-state index in [0.717, 1.165) is 38.2 Å². The van der Waals surface area contributed by atoms with Crippen LogP contribution in [0.5, 0.6) is 0 Å². The first kappa shape index (κ1) is 14.9. The number of rotatable bonds is 3. The summed E-state index contributed by atoms with van der Waals surface area (Å²) in [7, 11) is 0. The highest BCUT2D eigenvalue weighted by Crippen LogP contribution is 2.35. The molecule has 1 aliphatic rings. The number of piperidine rings is 1. The van der Waals surface area contributed by atoms with E-state index < -0.39 is 5.60 Å². The largest absolute Gasteiger partial charge is 0.390 e. The van der Waals surface area contributed by atoms with Crippen LogP contribution in [-0.4, -0.2) is 35.4 Å². The molecule has 0 spiro atoms. The smallest absolute Gasteiger partial charge is 0.0894 e. The Balaban J connectivity index is 2.21. The van der Waals surface area contributed by atoms with Crippen LogP contribution in [0.1, 0.15) is 26.7 Å². The fourth-order valence-corrected chi connectivity index (χ4v) is 3.05. The third-order valence-electron chi connectivity index (χ3n) is 3.65. The fourth-order valence-electron chi connectivity index (χ4n) is 2.45. The van der Waals surface area contributed by atoms with Crippen LogP contribution in [0.4, 0.5) is 5.69 Å². The van der Waals surface area contributed by atoms with Crippen molar-refractivity contribution in [1.29, 1.82) is 0 Å². The second-order valence-corrected chi connectivity index (χ2v) is 6.05. The Morgan fingerprint density at radius 2 is 1.79 bits per heavy atom. The first-order valence-electron chi connectivity index (χ1n) is 6.63. The van der Waals surface area contributed by atoms with Crippen molar-refractivity contribution in [1.82, 2.24) is 5.01 Å². The van der Waals surface area contributed by atoms with Gasteiger partial charge in [0.05, 0.1) is 21.3 Å². The molecule has 0 aromatic heterocycles. The summed E-state index contributed by atoms with van der Waals surface area (Å²) in [4.78, 5) is 0. The molecular weight excluding hydrogens is 283 g/mol. The lowest BCUT2D eigenvalue weighted by molar-refractivity contribution is -0.00811. The second-order valence-electron chi connectivity index (χ2n) is 5.24. The van der Waals surface area contributed by atoms with Crippen molar-refractivity contribution < 1.29 is 5.11 Å². The quantitative estimate of drug-likeness (QED) is 0.924. The minimum absolute atomic E-state index is 0.555. The van der Waals surface area contributed by atoms with Gasteiger partial charge in [-0.05, 0) is 38.8 Å². The van der Waals surface area contributed by atoms with Crippen LogP contribution in [0.2, 0.25) is 10.0 Å². The van der Waals surface area contributed by atoms with E-state index in [9.17, 15) is 5.11 Å². The van der Waals surface area contributed by atoms with Crippen molar-refractivity contribution in [2.45, 2.75) is 32.3 Å². The van der Waals surface area contributed by atoms with E-state index in [1.165, 1.54) is 0 Å². The normalized spacial score (nSPS) is 19.4. The molecule has 0 bridgehead atoms. The summed E-state index contributed by atoms with van der Waals surface area (Å²) < 4.78 is 0. The van der Waals surface area contributed by atoms with Crippen molar-refractivity contribution in [3.8, 4) is 0 Å². The Hall–Kier alpha value is -0.480. The highest BCUT2D eigenvalue weighted by atomic mass is 35.5. The Morgan fingerprint density at radius 3 is 2.26 bits per heavy atom. The van der Waals surface area contributed by atoms with Crippen molar-refractivity contribution in [2.24, 2.45) is 0 Å². The molecule has 0 atom stereocenters. The molecule has 3 nitrogen and oxygen atoms in total. The number of hydrazine groups is 1. The molecule has 106 valence electrons. The number of nitrogens with zero attached hydrogens (tertiary/aromatic N) is 2. The van der Waals surface area contributed by atoms with E-state index in [1.54, 1.807) is 0 Å². The summed E-state index contributed by atoms with van der Waals surface area (Å²) >= 11 is 12.6. The zero-order valence-electron chi connectivity index (χ0n) is 11.4. The van der Waals surface area contributed by atoms with Gasteiger partial charge in [0.15, 0.2) is 0 Å². The summed E-state index contributed by atoms with van der Waals surface area (Å²) in [5, 5.41) is 15.7. The van der Waals surface area contributed by atoms with E-state index in [-0.39, 0.29) is 0 Å². The summed E-state index contributed by atoms with van der Waals surface area (Å²) in [6.07, 6.45) is 1.51. The molecule has 19 heavy (non-hydrogen) atoms. The van der Waals surface area contributed by atoms with Gasteiger partial charge >= 0.3 is 0 Å². The summed E-state index contributed by atoms with van der Waals surface area (Å²) in [6, 6.07) is 5.56. The van der Waals surface area contributed by atoms with Crippen LogP contribution in [0.15, 0.2) is 18.2 Å². The first-order valence-corrected chi connectivity index (χ1v) is 7.39. The molecule has 0 radical (unpaired) electrons. The number of benzene rings is 1. The zero-order chi connectivity index (χ0) is 14.0. The van der Waals surface area contributed by atoms with Crippen molar-refractivity contribution in [3.63, 3.8) is 0 Å². The predicted molar refractivity (Wildman–Crippen MR) is 80.9 cm³/mol. The van der Waals surface area contributed by atoms with Crippen LogP contribution in [-0.2, 0) is 0 Å². The molecule has 0 amide bonds. The standard InChI is InChI=1S/C14H20Cl2N2O/c1-3-18(13-11(15)5-4-6-12(13)16)17-9-7-14(2,19)8-10-17/h4-6,19H,3,7-10H2,1-2H3. The molecule has 0 aliphatic carbocycles. The lowest BCUT2D eigenvalue weighted by atomic mass is 9.95. The number of aliphatic hydroxyl groups is 1. The Morgan fingerprint density at radius 1 is 1.26 bits per heavy atom. The van der Waals surface area contributed by atoms with Gasteiger partial charge in [-0.3, -0.25) is 0 Å². The van der Waals surface area contributed by atoms with Crippen molar-refractivity contribution in [3.05, 3.63) is 28.2 Å². The van der Waals surface area contributed by atoms with Gasteiger partial charge < -0.3 is 10.1 Å². The minimum Gasteiger partial charge on any atom is -0.390 e. The molecule has 1 aromatic carbocycles. The van der Waals surface area contributed by atoms with E-state index in [2.05, 4.69) is 16.9 Å². The lowest BCUT2D eigenvalue weighted by Gasteiger charge is -2.43. The average Bonchev–Trinajstić information content (AvgIpc) is 2.35. The van der Waals surface area contributed by atoms with Crippen LogP contribution >= 0.6 is 23.2 Å². The van der Waals surface area contributed by atoms with Crippen LogP contribution in [0.25, 0.3) is 0 Å². The number of para-hydroxylation sites is 1. The fraction of sp³-hybridized carbons (Fsp3) is 0.571. The molecule has 1 saturated heterocycles. The van der Waals surface area contributed by atoms with Gasteiger partial charge in [-0.15, -0.1) is 0 Å². The number of halogens is 2. The topological polar surface area (TPSA) is 26.7 Å². The molecule has 1 aliphatic heterocycles. The lowest BCUT2D eigenvalue weighted by Crippen LogP contribution is -2.51. The van der Waals surface area contributed by atoms with Gasteiger partial charge in [0.25, 0.3) is 0 Å². The Labute approximate surface area is 124 Å². The number of hydrogen-bond acceptors (Lipinski definition) is 3. The Kier molecular flexibility index (Phi) is 4.62. The molecule has 0 saturated carbocycles. The molecule has 1 heterocycles. The third kappa shape index (κ3) is 3.34. The molecule has 5 heteroatoms. The predicted octanol–water partition coefficient (Wildman–Crippen LogP) is 3.58. The summed E-state index contributed by atoms with van der Waals surface area (Å²) in [5.74, 6) is 0. The SMILES string of the molecule is CCN(c1c(Cl)cccc1Cl)N1CCC(C)(O)CC1. The molecule has 1 fully saturated rings. The number of anilines is 1. The molecule has 0 unspecified atom stereocenters. The van der Waals surface area contributed by atoms with Gasteiger partial charge in [-0.2, -0.15) is 0 Å². The van der Waals surface area contributed by atoms with Crippen LogP contribution in [0, 0.1) is 0 Å².